The molecule has 4 nitrogen and oxygen atoms in total. The molecule has 0 amide bonds. The molecule has 10 aromatic rings. The van der Waals surface area contributed by atoms with E-state index in [4.69, 9.17) is 4.98 Å². The van der Waals surface area contributed by atoms with Crippen molar-refractivity contribution < 1.29 is 0 Å². The lowest BCUT2D eigenvalue weighted by atomic mass is 9.86. The Balaban J connectivity index is 1.01. The van der Waals surface area contributed by atoms with Gasteiger partial charge in [0.2, 0.25) is 0 Å². The first kappa shape index (κ1) is 44.3. The highest BCUT2D eigenvalue weighted by atomic mass is 14.7. The second-order valence-electron chi connectivity index (χ2n) is 18.2. The van der Waals surface area contributed by atoms with E-state index in [1.54, 1.807) is 0 Å². The highest BCUT2D eigenvalue weighted by Crippen LogP contribution is 2.41. The van der Waals surface area contributed by atoms with Gasteiger partial charge in [-0.25, -0.2) is 0 Å². The van der Waals surface area contributed by atoms with Gasteiger partial charge in [0.05, 0.1) is 28.7 Å². The maximum absolute atomic E-state index is 9.60. The fourth-order valence-corrected chi connectivity index (χ4v) is 9.14. The van der Waals surface area contributed by atoms with E-state index in [9.17, 15) is 5.26 Å². The molecule has 3 heterocycles. The zero-order chi connectivity index (χ0) is 47.1. The van der Waals surface area contributed by atoms with E-state index in [1.807, 2.05) is 36.8 Å². The Morgan fingerprint density at radius 3 is 1.30 bits per heavy atom. The molecule has 0 fully saturated rings. The smallest absolute Gasteiger partial charge is 0.0991 e. The molecule has 3 aromatic heterocycles. The predicted octanol–water partition coefficient (Wildman–Crippen LogP) is 15.9. The number of hydrogen-bond donors (Lipinski definition) is 0. The van der Waals surface area contributed by atoms with Crippen molar-refractivity contribution in [1.82, 2.24) is 15.0 Å². The van der Waals surface area contributed by atoms with Gasteiger partial charge in [0.1, 0.15) is 0 Å². The highest BCUT2D eigenvalue weighted by molar-refractivity contribution is 5.94. The Morgan fingerprint density at radius 2 is 0.783 bits per heavy atom. The summed E-state index contributed by atoms with van der Waals surface area (Å²) in [6.07, 6.45) is 9.47. The van der Waals surface area contributed by atoms with Gasteiger partial charge in [0, 0.05) is 35.3 Å². The van der Waals surface area contributed by atoms with Crippen LogP contribution in [-0.4, -0.2) is 15.0 Å². The summed E-state index contributed by atoms with van der Waals surface area (Å²) >= 11 is 0. The van der Waals surface area contributed by atoms with Crippen molar-refractivity contribution in [3.8, 4) is 84.3 Å². The first-order chi connectivity index (χ1) is 33.8. The summed E-state index contributed by atoms with van der Waals surface area (Å²) < 4.78 is 0. The van der Waals surface area contributed by atoms with Crippen LogP contribution in [0.15, 0.2) is 213 Å². The van der Waals surface area contributed by atoms with Gasteiger partial charge in [-0.2, -0.15) is 5.26 Å². The van der Waals surface area contributed by atoms with E-state index in [0.29, 0.717) is 5.56 Å². The monoisotopic (exact) mass is 888 g/mol. The van der Waals surface area contributed by atoms with Crippen LogP contribution in [-0.2, 0) is 25.7 Å². The minimum Gasteiger partial charge on any atom is -0.256 e. The van der Waals surface area contributed by atoms with Crippen LogP contribution < -0.4 is 0 Å². The minimum atomic E-state index is 0.650. The van der Waals surface area contributed by atoms with E-state index in [0.717, 1.165) is 104 Å². The number of benzene rings is 7. The van der Waals surface area contributed by atoms with E-state index < -0.39 is 0 Å². The average Bonchev–Trinajstić information content (AvgIpc) is 3.40. The average molecular weight is 889 g/mol. The van der Waals surface area contributed by atoms with Crippen molar-refractivity contribution >= 4 is 0 Å². The van der Waals surface area contributed by atoms with E-state index >= 15 is 0 Å². The van der Waals surface area contributed by atoms with Crippen LogP contribution in [0.3, 0.4) is 0 Å². The summed E-state index contributed by atoms with van der Waals surface area (Å²) in [6.45, 7) is 6.21. The van der Waals surface area contributed by atoms with E-state index in [1.165, 1.54) is 38.9 Å². The largest absolute Gasteiger partial charge is 0.256 e. The van der Waals surface area contributed by atoms with Crippen LogP contribution in [0.2, 0.25) is 0 Å². The second kappa shape index (κ2) is 20.1. The molecule has 10 rings (SSSR count). The Labute approximate surface area is 406 Å². The molecule has 332 valence electrons. The van der Waals surface area contributed by atoms with Gasteiger partial charge >= 0.3 is 0 Å². The SMILES string of the molecule is Cc1ccc(-c2ccc(CCc3cc(CCc4ccc(-c5ccc(C)cn5)cc4)cc(-c4ccccc4-c4ccc(-c5ccc(C)cn5)cc4-c4ccc(-c5cccc(C#N)c5)cc4)c3)cc2)nc1. The van der Waals surface area contributed by atoms with Gasteiger partial charge in [0.25, 0.3) is 0 Å². The van der Waals surface area contributed by atoms with Crippen molar-refractivity contribution in [1.29, 1.82) is 5.26 Å². The van der Waals surface area contributed by atoms with Crippen LogP contribution in [0.25, 0.3) is 78.3 Å². The standard InChI is InChI=1S/C65H52N4/c1-44-11-32-63(67-41-44)54-22-18-47(19-23-54)14-16-49-35-50(17-15-48-20-24-55(25-21-48)64-33-12-45(2)42-68-64)37-58(36-49)59-9-4-5-10-60(59)61-31-30-57(65-34-13-46(3)43-69-65)39-62(61)53-28-26-52(27-29-53)56-8-6-7-51(38-56)40-66/h4-13,18-39,41-43H,14-17H2,1-3H3. The summed E-state index contributed by atoms with van der Waals surface area (Å²) in [5, 5.41) is 9.60. The summed E-state index contributed by atoms with van der Waals surface area (Å²) in [5.41, 5.74) is 24.6. The third-order valence-electron chi connectivity index (χ3n) is 13.1. The molecule has 4 heteroatoms. The first-order valence-corrected chi connectivity index (χ1v) is 23.8. The van der Waals surface area contributed by atoms with Crippen LogP contribution in [0.5, 0.6) is 0 Å². The summed E-state index contributed by atoms with van der Waals surface area (Å²) in [7, 11) is 0. The third kappa shape index (κ3) is 10.4. The highest BCUT2D eigenvalue weighted by Gasteiger charge is 2.17. The number of hydrogen-bond acceptors (Lipinski definition) is 4. The zero-order valence-corrected chi connectivity index (χ0v) is 39.3. The van der Waals surface area contributed by atoms with Crippen molar-refractivity contribution in [2.45, 2.75) is 46.5 Å². The fourth-order valence-electron chi connectivity index (χ4n) is 9.14. The van der Waals surface area contributed by atoms with Crippen LogP contribution in [0, 0.1) is 32.1 Å². The van der Waals surface area contributed by atoms with Gasteiger partial charge in [-0.05, 0) is 166 Å². The molecular formula is C65H52N4. The molecule has 0 unspecified atom stereocenters. The molecule has 7 aromatic carbocycles. The predicted molar refractivity (Wildman–Crippen MR) is 285 cm³/mol. The molecular weight excluding hydrogens is 837 g/mol. The molecule has 0 aliphatic rings. The Morgan fingerprint density at radius 1 is 0.319 bits per heavy atom. The van der Waals surface area contributed by atoms with Crippen LogP contribution in [0.1, 0.15) is 44.5 Å². The zero-order valence-electron chi connectivity index (χ0n) is 39.3. The maximum Gasteiger partial charge on any atom is 0.0991 e. The number of aromatic nitrogens is 3. The number of rotatable bonds is 13. The molecule has 0 spiro atoms. The van der Waals surface area contributed by atoms with Crippen LogP contribution in [0.4, 0.5) is 0 Å². The third-order valence-corrected chi connectivity index (χ3v) is 13.1. The topological polar surface area (TPSA) is 62.5 Å². The molecule has 0 aliphatic carbocycles. The van der Waals surface area contributed by atoms with Crippen molar-refractivity contribution in [3.63, 3.8) is 0 Å². The summed E-state index contributed by atoms with van der Waals surface area (Å²) in [4.78, 5) is 14.1. The van der Waals surface area contributed by atoms with Gasteiger partial charge < -0.3 is 0 Å². The molecule has 0 bridgehead atoms. The van der Waals surface area contributed by atoms with Crippen molar-refractivity contribution in [3.05, 3.63) is 257 Å². The first-order valence-electron chi connectivity index (χ1n) is 23.8. The lowest BCUT2D eigenvalue weighted by Crippen LogP contribution is -1.98. The van der Waals surface area contributed by atoms with Gasteiger partial charge in [-0.3, -0.25) is 15.0 Å². The normalized spacial score (nSPS) is 11.0. The number of aryl methyl sites for hydroxylation is 7. The van der Waals surface area contributed by atoms with Gasteiger partial charge in [0.15, 0.2) is 0 Å². The van der Waals surface area contributed by atoms with Crippen molar-refractivity contribution in [2.24, 2.45) is 0 Å². The quantitative estimate of drug-likeness (QED) is 0.116. The van der Waals surface area contributed by atoms with Crippen molar-refractivity contribution in [2.75, 3.05) is 0 Å². The van der Waals surface area contributed by atoms with E-state index in [2.05, 4.69) is 213 Å². The Bertz CT molecular complexity index is 3310. The maximum atomic E-state index is 9.60. The van der Waals surface area contributed by atoms with E-state index in [-0.39, 0.29) is 0 Å². The van der Waals surface area contributed by atoms with Gasteiger partial charge in [-0.15, -0.1) is 0 Å². The number of pyridine rings is 3. The molecule has 0 radical (unpaired) electrons. The molecule has 0 N–H and O–H groups in total. The molecule has 0 saturated carbocycles. The second-order valence-corrected chi connectivity index (χ2v) is 18.2. The van der Waals surface area contributed by atoms with Gasteiger partial charge in [-0.1, -0.05) is 158 Å². The molecule has 0 atom stereocenters. The number of nitrogens with zero attached hydrogens (tertiary/aromatic N) is 4. The fraction of sp³-hybridized carbons (Fsp3) is 0.108. The molecule has 69 heavy (non-hydrogen) atoms. The Kier molecular flexibility index (Phi) is 12.9. The Hall–Kier alpha value is -8.52. The summed E-state index contributed by atoms with van der Waals surface area (Å²) in [6, 6.07) is 72.1. The van der Waals surface area contributed by atoms with Crippen LogP contribution >= 0.6 is 0 Å². The molecule has 0 aliphatic heterocycles. The lowest BCUT2D eigenvalue weighted by Gasteiger charge is -2.18. The summed E-state index contributed by atoms with van der Waals surface area (Å²) in [5.74, 6) is 0. The minimum absolute atomic E-state index is 0.650. The lowest BCUT2D eigenvalue weighted by molar-refractivity contribution is 0.931. The number of nitriles is 1. The molecule has 0 saturated heterocycles.